The van der Waals surface area contributed by atoms with Crippen molar-refractivity contribution in [1.29, 1.82) is 0 Å². The van der Waals surface area contributed by atoms with E-state index in [1.54, 1.807) is 12.1 Å². The van der Waals surface area contributed by atoms with Crippen LogP contribution in [0.1, 0.15) is 19.3 Å². The van der Waals surface area contributed by atoms with E-state index >= 15 is 0 Å². The van der Waals surface area contributed by atoms with Crippen molar-refractivity contribution in [3.63, 3.8) is 0 Å². The third kappa shape index (κ3) is 2.50. The molecule has 1 aromatic rings. The molecule has 1 aliphatic heterocycles. The molecule has 1 aromatic carbocycles. The van der Waals surface area contributed by atoms with Gasteiger partial charge >= 0.3 is 0 Å². The van der Waals surface area contributed by atoms with Gasteiger partial charge in [0.2, 0.25) is 10.0 Å². The lowest BCUT2D eigenvalue weighted by Gasteiger charge is -2.33. The number of nitrogen functional groups attached to an aromatic ring is 1. The number of anilines is 1. The number of hydrogen-bond donors (Lipinski definition) is 2. The number of hydrogen-bond acceptors (Lipinski definition) is 4. The van der Waals surface area contributed by atoms with Crippen LogP contribution < -0.4 is 5.73 Å². The summed E-state index contributed by atoms with van der Waals surface area (Å²) in [7, 11) is -3.55. The first kappa shape index (κ1) is 13.3. The predicted octanol–water partition coefficient (Wildman–Crippen LogP) is 0.804. The third-order valence-corrected chi connectivity index (χ3v) is 5.20. The minimum atomic E-state index is -3.55. The number of nitrogens with two attached hydrogens (primary N) is 1. The zero-order valence-corrected chi connectivity index (χ0v) is 10.9. The Morgan fingerprint density at radius 2 is 2.17 bits per heavy atom. The van der Waals surface area contributed by atoms with E-state index in [-0.39, 0.29) is 17.5 Å². The fourth-order valence-corrected chi connectivity index (χ4v) is 4.02. The molecule has 0 amide bonds. The molecule has 1 aliphatic rings. The molecule has 0 aliphatic carbocycles. The van der Waals surface area contributed by atoms with Crippen molar-refractivity contribution >= 4 is 15.7 Å². The van der Waals surface area contributed by atoms with Crippen LogP contribution in [0.25, 0.3) is 0 Å². The van der Waals surface area contributed by atoms with Crippen molar-refractivity contribution in [2.24, 2.45) is 0 Å². The van der Waals surface area contributed by atoms with Gasteiger partial charge in [-0.25, -0.2) is 8.42 Å². The van der Waals surface area contributed by atoms with Crippen LogP contribution in [0.15, 0.2) is 29.2 Å². The molecular weight excluding hydrogens is 252 g/mol. The Balaban J connectivity index is 2.35. The van der Waals surface area contributed by atoms with E-state index in [2.05, 4.69) is 0 Å². The highest BCUT2D eigenvalue weighted by Crippen LogP contribution is 2.25. The van der Waals surface area contributed by atoms with Crippen molar-refractivity contribution in [3.8, 4) is 0 Å². The second-order valence-electron chi connectivity index (χ2n) is 4.52. The fraction of sp³-hybridized carbons (Fsp3) is 0.500. The van der Waals surface area contributed by atoms with Gasteiger partial charge in [0.25, 0.3) is 0 Å². The average molecular weight is 270 g/mol. The maximum atomic E-state index is 12.5. The molecule has 0 radical (unpaired) electrons. The van der Waals surface area contributed by atoms with E-state index in [9.17, 15) is 13.5 Å². The van der Waals surface area contributed by atoms with Gasteiger partial charge in [-0.2, -0.15) is 4.31 Å². The maximum absolute atomic E-state index is 12.5. The average Bonchev–Trinajstić information content (AvgIpc) is 2.38. The molecule has 0 bridgehead atoms. The summed E-state index contributed by atoms with van der Waals surface area (Å²) in [5.41, 5.74) is 6.04. The van der Waals surface area contributed by atoms with Gasteiger partial charge in [-0.1, -0.05) is 12.5 Å². The summed E-state index contributed by atoms with van der Waals surface area (Å²) in [5, 5.41) is 9.30. The molecule has 1 fully saturated rings. The minimum absolute atomic E-state index is 0.137. The van der Waals surface area contributed by atoms with E-state index in [4.69, 9.17) is 5.73 Å². The van der Waals surface area contributed by atoms with Crippen molar-refractivity contribution < 1.29 is 13.5 Å². The van der Waals surface area contributed by atoms with Crippen LogP contribution in [-0.2, 0) is 10.0 Å². The SMILES string of the molecule is Nc1cccc(S(=O)(=O)N2CCCCC2CO)c1. The smallest absolute Gasteiger partial charge is 0.243 e. The summed E-state index contributed by atoms with van der Waals surface area (Å²) >= 11 is 0. The van der Waals surface area contributed by atoms with Crippen molar-refractivity contribution in [1.82, 2.24) is 4.31 Å². The van der Waals surface area contributed by atoms with Crippen LogP contribution in [0.2, 0.25) is 0 Å². The maximum Gasteiger partial charge on any atom is 0.243 e. The number of aliphatic hydroxyl groups excluding tert-OH is 1. The summed E-state index contributed by atoms with van der Waals surface area (Å²) in [6.07, 6.45) is 2.49. The molecule has 5 nitrogen and oxygen atoms in total. The molecule has 0 saturated carbocycles. The van der Waals surface area contributed by atoms with Gasteiger partial charge in [0.1, 0.15) is 0 Å². The number of rotatable bonds is 3. The first-order chi connectivity index (χ1) is 8.55. The Bertz CT molecular complexity index is 516. The molecule has 2 rings (SSSR count). The lowest BCUT2D eigenvalue weighted by molar-refractivity contribution is 0.155. The number of sulfonamides is 1. The van der Waals surface area contributed by atoms with Crippen LogP contribution in [0.5, 0.6) is 0 Å². The lowest BCUT2D eigenvalue weighted by Crippen LogP contribution is -2.45. The molecule has 18 heavy (non-hydrogen) atoms. The van der Waals surface area contributed by atoms with Gasteiger partial charge in [0, 0.05) is 18.3 Å². The van der Waals surface area contributed by atoms with Crippen molar-refractivity contribution in [2.45, 2.75) is 30.2 Å². The fourth-order valence-electron chi connectivity index (χ4n) is 2.28. The van der Waals surface area contributed by atoms with Crippen LogP contribution in [-0.4, -0.2) is 37.0 Å². The normalized spacial score (nSPS) is 21.9. The molecule has 1 saturated heterocycles. The Morgan fingerprint density at radius 3 is 2.83 bits per heavy atom. The van der Waals surface area contributed by atoms with Gasteiger partial charge < -0.3 is 10.8 Å². The molecule has 1 heterocycles. The number of piperidine rings is 1. The van der Waals surface area contributed by atoms with Crippen LogP contribution >= 0.6 is 0 Å². The Hall–Kier alpha value is -1.11. The van der Waals surface area contributed by atoms with Crippen LogP contribution in [0.3, 0.4) is 0 Å². The second-order valence-corrected chi connectivity index (χ2v) is 6.41. The Morgan fingerprint density at radius 1 is 1.39 bits per heavy atom. The van der Waals surface area contributed by atoms with E-state index in [1.807, 2.05) is 0 Å². The van der Waals surface area contributed by atoms with Gasteiger partial charge in [0.05, 0.1) is 11.5 Å². The number of benzene rings is 1. The topological polar surface area (TPSA) is 83.6 Å². The number of aliphatic hydroxyl groups is 1. The summed E-state index contributed by atoms with van der Waals surface area (Å²) in [5.74, 6) is 0. The van der Waals surface area contributed by atoms with Crippen LogP contribution in [0.4, 0.5) is 5.69 Å². The lowest BCUT2D eigenvalue weighted by atomic mass is 10.1. The van der Waals surface area contributed by atoms with Gasteiger partial charge in [-0.3, -0.25) is 0 Å². The Labute approximate surface area is 107 Å². The minimum Gasteiger partial charge on any atom is -0.399 e. The first-order valence-electron chi connectivity index (χ1n) is 6.04. The molecular formula is C12H18N2O3S. The quantitative estimate of drug-likeness (QED) is 0.796. The third-order valence-electron chi connectivity index (χ3n) is 3.25. The summed E-state index contributed by atoms with van der Waals surface area (Å²) in [6.45, 7) is 0.323. The molecule has 100 valence electrons. The van der Waals surface area contributed by atoms with Crippen LogP contribution in [0, 0.1) is 0 Å². The standard InChI is InChI=1S/C12H18N2O3S/c13-10-4-3-6-12(8-10)18(16,17)14-7-2-1-5-11(14)9-15/h3-4,6,8,11,15H,1-2,5,7,9,13H2. The molecule has 0 aromatic heterocycles. The molecule has 1 atom stereocenters. The largest absolute Gasteiger partial charge is 0.399 e. The van der Waals surface area contributed by atoms with Gasteiger partial charge in [-0.05, 0) is 31.0 Å². The van der Waals surface area contributed by atoms with Crippen molar-refractivity contribution in [3.05, 3.63) is 24.3 Å². The van der Waals surface area contributed by atoms with E-state index in [1.165, 1.54) is 16.4 Å². The van der Waals surface area contributed by atoms with E-state index in [0.29, 0.717) is 18.7 Å². The molecule has 0 spiro atoms. The molecule has 3 N–H and O–H groups in total. The highest BCUT2D eigenvalue weighted by Gasteiger charge is 2.32. The summed E-state index contributed by atoms with van der Waals surface area (Å²) < 4.78 is 26.3. The van der Waals surface area contributed by atoms with Gasteiger partial charge in [-0.15, -0.1) is 0 Å². The molecule has 6 heteroatoms. The predicted molar refractivity (Wildman–Crippen MR) is 69.5 cm³/mol. The summed E-state index contributed by atoms with van der Waals surface area (Å²) in [4.78, 5) is 0.197. The monoisotopic (exact) mass is 270 g/mol. The summed E-state index contributed by atoms with van der Waals surface area (Å²) in [6, 6.07) is 5.96. The molecule has 1 unspecified atom stereocenters. The highest BCUT2D eigenvalue weighted by atomic mass is 32.2. The second kappa shape index (κ2) is 5.26. The van der Waals surface area contributed by atoms with Crippen molar-refractivity contribution in [2.75, 3.05) is 18.9 Å². The Kier molecular flexibility index (Phi) is 3.89. The highest BCUT2D eigenvalue weighted by molar-refractivity contribution is 7.89. The van der Waals surface area contributed by atoms with E-state index in [0.717, 1.165) is 12.8 Å². The van der Waals surface area contributed by atoms with E-state index < -0.39 is 10.0 Å². The zero-order chi connectivity index (χ0) is 13.2. The zero-order valence-electron chi connectivity index (χ0n) is 10.1. The first-order valence-corrected chi connectivity index (χ1v) is 7.48. The van der Waals surface area contributed by atoms with Gasteiger partial charge in [0.15, 0.2) is 0 Å². The number of nitrogens with zero attached hydrogens (tertiary/aromatic N) is 1.